The van der Waals surface area contributed by atoms with Gasteiger partial charge in [0.25, 0.3) is 4.84 Å². The molecule has 7 nitrogen and oxygen atoms in total. The fourth-order valence-electron chi connectivity index (χ4n) is 2.46. The molecule has 1 aromatic heterocycles. The second-order valence-electron chi connectivity index (χ2n) is 5.43. The molecule has 1 heterocycles. The molecule has 0 atom stereocenters. The van der Waals surface area contributed by atoms with Crippen LogP contribution in [0.1, 0.15) is 0 Å². The van der Waals surface area contributed by atoms with E-state index in [1.54, 1.807) is 24.3 Å². The van der Waals surface area contributed by atoms with E-state index in [2.05, 4.69) is 10.4 Å². The van der Waals surface area contributed by atoms with E-state index < -0.39 is 0 Å². The van der Waals surface area contributed by atoms with Crippen molar-refractivity contribution >= 4 is 17.9 Å². The molecular formula is C18H18FN3O4S. The van der Waals surface area contributed by atoms with Crippen LogP contribution in [0.15, 0.2) is 40.8 Å². The van der Waals surface area contributed by atoms with Crippen LogP contribution in [-0.4, -0.2) is 31.1 Å². The van der Waals surface area contributed by atoms with E-state index in [4.69, 9.17) is 30.8 Å². The Balaban J connectivity index is 1.87. The quantitative estimate of drug-likeness (QED) is 0.608. The fraction of sp³-hybridized carbons (Fsp3) is 0.222. The molecule has 142 valence electrons. The van der Waals surface area contributed by atoms with Gasteiger partial charge in [-0.15, -0.1) is 5.10 Å². The summed E-state index contributed by atoms with van der Waals surface area (Å²) in [7, 11) is 4.59. The van der Waals surface area contributed by atoms with Gasteiger partial charge in [-0.3, -0.25) is 0 Å². The van der Waals surface area contributed by atoms with E-state index in [9.17, 15) is 4.39 Å². The number of aromatic nitrogens is 2. The predicted molar refractivity (Wildman–Crippen MR) is 100 cm³/mol. The van der Waals surface area contributed by atoms with Crippen LogP contribution in [-0.2, 0) is 6.67 Å². The zero-order valence-corrected chi connectivity index (χ0v) is 15.8. The van der Waals surface area contributed by atoms with Gasteiger partial charge in [-0.05, 0) is 48.6 Å². The van der Waals surface area contributed by atoms with Gasteiger partial charge < -0.3 is 23.9 Å². The zero-order valence-electron chi connectivity index (χ0n) is 15.0. The van der Waals surface area contributed by atoms with E-state index in [1.165, 1.54) is 38.1 Å². The third-order valence-corrected chi connectivity index (χ3v) is 4.09. The Bertz CT molecular complexity index is 960. The molecule has 0 saturated carbocycles. The Kier molecular flexibility index (Phi) is 5.60. The number of anilines is 1. The number of methoxy groups -OCH3 is 3. The maximum atomic E-state index is 13.0. The lowest BCUT2D eigenvalue weighted by molar-refractivity contribution is 0.324. The molecule has 0 amide bonds. The summed E-state index contributed by atoms with van der Waals surface area (Å²) >= 11 is 5.23. The summed E-state index contributed by atoms with van der Waals surface area (Å²) in [6.45, 7) is 0.262. The van der Waals surface area contributed by atoms with Gasteiger partial charge in [-0.1, -0.05) is 0 Å². The minimum absolute atomic E-state index is 0.188. The average molecular weight is 391 g/mol. The molecule has 3 rings (SSSR count). The summed E-state index contributed by atoms with van der Waals surface area (Å²) in [4.78, 5) is 0.188. The lowest BCUT2D eigenvalue weighted by atomic mass is 10.2. The van der Waals surface area contributed by atoms with Crippen LogP contribution in [0.5, 0.6) is 17.2 Å². The van der Waals surface area contributed by atoms with Crippen molar-refractivity contribution in [2.24, 2.45) is 0 Å². The number of hydrogen-bond donors (Lipinski definition) is 1. The third-order valence-electron chi connectivity index (χ3n) is 3.80. The number of nitrogens with zero attached hydrogens (tertiary/aromatic N) is 2. The highest BCUT2D eigenvalue weighted by molar-refractivity contribution is 7.71. The van der Waals surface area contributed by atoms with Crippen molar-refractivity contribution in [1.29, 1.82) is 0 Å². The molecule has 0 saturated heterocycles. The fourth-order valence-corrected chi connectivity index (χ4v) is 2.65. The molecule has 0 spiro atoms. The minimum Gasteiger partial charge on any atom is -0.493 e. The summed E-state index contributed by atoms with van der Waals surface area (Å²) in [6.07, 6.45) is 0. The van der Waals surface area contributed by atoms with E-state index in [0.717, 1.165) is 5.69 Å². The molecule has 1 N–H and O–H groups in total. The molecular weight excluding hydrogens is 373 g/mol. The molecule has 0 fully saturated rings. The van der Waals surface area contributed by atoms with Gasteiger partial charge >= 0.3 is 0 Å². The Morgan fingerprint density at radius 2 is 1.70 bits per heavy atom. The number of benzene rings is 2. The molecule has 0 aliphatic heterocycles. The first-order valence-corrected chi connectivity index (χ1v) is 8.34. The second kappa shape index (κ2) is 8.09. The number of rotatable bonds is 7. The van der Waals surface area contributed by atoms with Crippen molar-refractivity contribution in [2.75, 3.05) is 26.6 Å². The molecule has 3 aromatic rings. The van der Waals surface area contributed by atoms with Gasteiger partial charge in [0.15, 0.2) is 11.5 Å². The van der Waals surface area contributed by atoms with Crippen LogP contribution in [0.3, 0.4) is 0 Å². The first-order chi connectivity index (χ1) is 13.0. The Labute approximate surface area is 160 Å². The molecule has 0 unspecified atom stereocenters. The van der Waals surface area contributed by atoms with E-state index >= 15 is 0 Å². The average Bonchev–Trinajstić information content (AvgIpc) is 3.07. The summed E-state index contributed by atoms with van der Waals surface area (Å²) in [5, 5.41) is 7.47. The van der Waals surface area contributed by atoms with Crippen molar-refractivity contribution in [2.45, 2.75) is 6.67 Å². The van der Waals surface area contributed by atoms with Crippen molar-refractivity contribution in [1.82, 2.24) is 9.78 Å². The van der Waals surface area contributed by atoms with Crippen molar-refractivity contribution in [3.05, 3.63) is 47.1 Å². The van der Waals surface area contributed by atoms with Crippen LogP contribution < -0.4 is 19.5 Å². The van der Waals surface area contributed by atoms with E-state index in [-0.39, 0.29) is 17.3 Å². The maximum Gasteiger partial charge on any atom is 0.289 e. The first kappa shape index (κ1) is 18.7. The SMILES string of the molecule is COc1cc(-c2nn(CNc3ccc(F)cc3)c(=S)o2)cc(OC)c1OC. The smallest absolute Gasteiger partial charge is 0.289 e. The van der Waals surface area contributed by atoms with Crippen LogP contribution in [0, 0.1) is 10.7 Å². The summed E-state index contributed by atoms with van der Waals surface area (Å²) < 4.78 is 36.1. The van der Waals surface area contributed by atoms with Gasteiger partial charge in [-0.25, -0.2) is 9.07 Å². The molecule has 0 radical (unpaired) electrons. The summed E-state index contributed by atoms with van der Waals surface area (Å²) in [5.74, 6) is 1.43. The highest BCUT2D eigenvalue weighted by Crippen LogP contribution is 2.40. The molecule has 9 heteroatoms. The van der Waals surface area contributed by atoms with Crippen molar-refractivity contribution in [3.63, 3.8) is 0 Å². The number of ether oxygens (including phenoxy) is 3. The number of halogens is 1. The van der Waals surface area contributed by atoms with Gasteiger partial charge in [0.05, 0.1) is 21.3 Å². The van der Waals surface area contributed by atoms with Crippen molar-refractivity contribution in [3.8, 4) is 28.7 Å². The maximum absolute atomic E-state index is 13.0. The second-order valence-corrected chi connectivity index (χ2v) is 5.78. The molecule has 0 aliphatic carbocycles. The monoisotopic (exact) mass is 391 g/mol. The molecule has 0 aliphatic rings. The molecule has 2 aromatic carbocycles. The first-order valence-electron chi connectivity index (χ1n) is 7.93. The summed E-state index contributed by atoms with van der Waals surface area (Å²) in [6, 6.07) is 9.43. The lowest BCUT2D eigenvalue weighted by Crippen LogP contribution is -2.09. The van der Waals surface area contributed by atoms with Crippen LogP contribution in [0.4, 0.5) is 10.1 Å². The van der Waals surface area contributed by atoms with Crippen LogP contribution >= 0.6 is 12.2 Å². The molecule has 0 bridgehead atoms. The standard InChI is InChI=1S/C18H18FN3O4S/c1-23-14-8-11(9-15(24-2)16(14)25-3)17-21-22(18(27)26-17)10-20-13-6-4-12(19)5-7-13/h4-9,20H,10H2,1-3H3. The normalized spacial score (nSPS) is 10.5. The highest BCUT2D eigenvalue weighted by atomic mass is 32.1. The number of nitrogens with one attached hydrogen (secondary N) is 1. The van der Waals surface area contributed by atoms with Gasteiger partial charge in [0, 0.05) is 11.3 Å². The largest absolute Gasteiger partial charge is 0.493 e. The van der Waals surface area contributed by atoms with Crippen LogP contribution in [0.2, 0.25) is 0 Å². The van der Waals surface area contributed by atoms with Crippen molar-refractivity contribution < 1.29 is 23.0 Å². The highest BCUT2D eigenvalue weighted by Gasteiger charge is 2.17. The van der Waals surface area contributed by atoms with Gasteiger partial charge in [-0.2, -0.15) is 0 Å². The van der Waals surface area contributed by atoms with E-state index in [0.29, 0.717) is 28.7 Å². The predicted octanol–water partition coefficient (Wildman–Crippen LogP) is 4.11. The lowest BCUT2D eigenvalue weighted by Gasteiger charge is -2.12. The van der Waals surface area contributed by atoms with Crippen LogP contribution in [0.25, 0.3) is 11.5 Å². The number of hydrogen-bond acceptors (Lipinski definition) is 7. The van der Waals surface area contributed by atoms with Gasteiger partial charge in [0.1, 0.15) is 12.5 Å². The molecule has 27 heavy (non-hydrogen) atoms. The third kappa shape index (κ3) is 4.03. The Morgan fingerprint density at radius 3 is 2.26 bits per heavy atom. The minimum atomic E-state index is -0.303. The summed E-state index contributed by atoms with van der Waals surface area (Å²) in [5.41, 5.74) is 1.35. The van der Waals surface area contributed by atoms with E-state index in [1.807, 2.05) is 0 Å². The Morgan fingerprint density at radius 1 is 1.07 bits per heavy atom. The van der Waals surface area contributed by atoms with Gasteiger partial charge in [0.2, 0.25) is 11.6 Å². The Hall–Kier alpha value is -3.07. The topological polar surface area (TPSA) is 70.7 Å². The zero-order chi connectivity index (χ0) is 19.4.